The second kappa shape index (κ2) is 3.05. The molecule has 3 heteroatoms. The van der Waals surface area contributed by atoms with Crippen LogP contribution in [0.4, 0.5) is 8.78 Å². The Morgan fingerprint density at radius 1 is 1.27 bits per heavy atom. The Balaban J connectivity index is 4.22. The number of hydrogen-bond acceptors (Lipinski definition) is 1. The van der Waals surface area contributed by atoms with Crippen molar-refractivity contribution < 1.29 is 8.78 Å². The topological polar surface area (TPSA) is 26.0 Å². The molecule has 0 saturated carbocycles. The van der Waals surface area contributed by atoms with Gasteiger partial charge in [-0.3, -0.25) is 0 Å². The molecule has 0 fully saturated rings. The van der Waals surface area contributed by atoms with Gasteiger partial charge in [0.05, 0.1) is 5.54 Å². The van der Waals surface area contributed by atoms with Gasteiger partial charge in [-0.1, -0.05) is 13.8 Å². The van der Waals surface area contributed by atoms with Crippen molar-refractivity contribution in [2.24, 2.45) is 11.7 Å². The lowest BCUT2D eigenvalue weighted by Gasteiger charge is -2.31. The summed E-state index contributed by atoms with van der Waals surface area (Å²) in [6.45, 7) is 6.24. The third-order valence-corrected chi connectivity index (χ3v) is 1.61. The van der Waals surface area contributed by atoms with E-state index in [1.54, 1.807) is 13.8 Å². The molecule has 0 heterocycles. The molecule has 68 valence electrons. The fraction of sp³-hybridized carbons (Fsp3) is 1.00. The largest absolute Gasteiger partial charge is 0.321 e. The number of nitrogens with two attached hydrogens (primary N) is 1. The molecule has 0 saturated heterocycles. The zero-order chi connectivity index (χ0) is 9.28. The Labute approximate surface area is 67.0 Å². The van der Waals surface area contributed by atoms with Crippen molar-refractivity contribution in [3.05, 3.63) is 0 Å². The Kier molecular flexibility index (Phi) is 3.00. The van der Waals surface area contributed by atoms with Crippen LogP contribution < -0.4 is 5.73 Å². The predicted octanol–water partition coefficient (Wildman–Crippen LogP) is 2.41. The lowest BCUT2D eigenvalue weighted by Crippen LogP contribution is -2.51. The van der Waals surface area contributed by atoms with E-state index in [0.717, 1.165) is 0 Å². The van der Waals surface area contributed by atoms with Gasteiger partial charge in [0.2, 0.25) is 0 Å². The van der Waals surface area contributed by atoms with E-state index in [9.17, 15) is 8.78 Å². The summed E-state index contributed by atoms with van der Waals surface area (Å²) in [4.78, 5) is 0. The van der Waals surface area contributed by atoms with E-state index < -0.39 is 11.5 Å². The molecule has 0 unspecified atom stereocenters. The summed E-state index contributed by atoms with van der Waals surface area (Å²) in [5.74, 6) is -2.78. The summed E-state index contributed by atoms with van der Waals surface area (Å²) in [6, 6.07) is 0. The highest BCUT2D eigenvalue weighted by atomic mass is 19.3. The SMILES string of the molecule is CC(C)CC(F)(F)C(C)(C)N. The van der Waals surface area contributed by atoms with Gasteiger partial charge in [-0.05, 0) is 19.8 Å². The average molecular weight is 165 g/mol. The molecule has 2 N–H and O–H groups in total. The summed E-state index contributed by atoms with van der Waals surface area (Å²) >= 11 is 0. The number of halogens is 2. The van der Waals surface area contributed by atoms with Crippen LogP contribution in [0, 0.1) is 5.92 Å². The first-order valence-electron chi connectivity index (χ1n) is 3.83. The molecule has 11 heavy (non-hydrogen) atoms. The molecular weight excluding hydrogens is 148 g/mol. The second-order valence-electron chi connectivity index (χ2n) is 4.02. The van der Waals surface area contributed by atoms with Gasteiger partial charge in [0, 0.05) is 6.42 Å². The first kappa shape index (κ1) is 10.8. The van der Waals surface area contributed by atoms with E-state index in [1.807, 2.05) is 0 Å². The minimum Gasteiger partial charge on any atom is -0.321 e. The van der Waals surface area contributed by atoms with Crippen LogP contribution in [-0.2, 0) is 0 Å². The Hall–Kier alpha value is -0.180. The molecule has 0 spiro atoms. The van der Waals surface area contributed by atoms with Crippen molar-refractivity contribution in [3.63, 3.8) is 0 Å². The highest BCUT2D eigenvalue weighted by Gasteiger charge is 2.43. The number of alkyl halides is 2. The first-order valence-corrected chi connectivity index (χ1v) is 3.83. The van der Waals surface area contributed by atoms with Crippen LogP contribution in [0.5, 0.6) is 0 Å². The van der Waals surface area contributed by atoms with Crippen molar-refractivity contribution in [2.45, 2.75) is 45.6 Å². The van der Waals surface area contributed by atoms with Crippen LogP contribution in [0.15, 0.2) is 0 Å². The minimum atomic E-state index is -2.76. The monoisotopic (exact) mass is 165 g/mol. The zero-order valence-electron chi connectivity index (χ0n) is 7.62. The van der Waals surface area contributed by atoms with Crippen molar-refractivity contribution in [2.75, 3.05) is 0 Å². The van der Waals surface area contributed by atoms with E-state index in [0.29, 0.717) is 0 Å². The van der Waals surface area contributed by atoms with Crippen LogP contribution in [0.2, 0.25) is 0 Å². The molecule has 0 bridgehead atoms. The van der Waals surface area contributed by atoms with Crippen molar-refractivity contribution in [3.8, 4) is 0 Å². The molecule has 0 aromatic rings. The summed E-state index contributed by atoms with van der Waals surface area (Å²) in [6.07, 6.45) is -0.142. The fourth-order valence-electron chi connectivity index (χ4n) is 0.776. The average Bonchev–Trinajstić information content (AvgIpc) is 1.56. The van der Waals surface area contributed by atoms with Gasteiger partial charge in [0.15, 0.2) is 0 Å². The van der Waals surface area contributed by atoms with Gasteiger partial charge in [0.25, 0.3) is 5.92 Å². The molecular formula is C8H17F2N. The Morgan fingerprint density at radius 2 is 1.64 bits per heavy atom. The molecule has 1 nitrogen and oxygen atoms in total. The third kappa shape index (κ3) is 3.14. The van der Waals surface area contributed by atoms with Gasteiger partial charge >= 0.3 is 0 Å². The molecule has 0 rings (SSSR count). The molecule has 0 radical (unpaired) electrons. The van der Waals surface area contributed by atoms with E-state index in [1.165, 1.54) is 13.8 Å². The zero-order valence-corrected chi connectivity index (χ0v) is 7.62. The van der Waals surface area contributed by atoms with Crippen LogP contribution in [0.25, 0.3) is 0 Å². The van der Waals surface area contributed by atoms with E-state index in [2.05, 4.69) is 0 Å². The van der Waals surface area contributed by atoms with Crippen molar-refractivity contribution >= 4 is 0 Å². The van der Waals surface area contributed by atoms with Gasteiger partial charge in [0.1, 0.15) is 0 Å². The highest BCUT2D eigenvalue weighted by Crippen LogP contribution is 2.32. The van der Waals surface area contributed by atoms with Gasteiger partial charge in [-0.15, -0.1) is 0 Å². The van der Waals surface area contributed by atoms with E-state index in [4.69, 9.17) is 5.73 Å². The van der Waals surface area contributed by atoms with Gasteiger partial charge in [-0.2, -0.15) is 0 Å². The van der Waals surface area contributed by atoms with Gasteiger partial charge < -0.3 is 5.73 Å². The van der Waals surface area contributed by atoms with Crippen molar-refractivity contribution in [1.29, 1.82) is 0 Å². The van der Waals surface area contributed by atoms with Gasteiger partial charge in [-0.25, -0.2) is 8.78 Å². The number of rotatable bonds is 3. The maximum atomic E-state index is 13.1. The molecule has 0 aliphatic rings. The molecule has 0 aromatic heterocycles. The Morgan fingerprint density at radius 3 is 1.73 bits per heavy atom. The summed E-state index contributed by atoms with van der Waals surface area (Å²) in [7, 11) is 0. The fourth-order valence-corrected chi connectivity index (χ4v) is 0.776. The molecule has 0 aliphatic carbocycles. The van der Waals surface area contributed by atoms with Crippen LogP contribution in [-0.4, -0.2) is 11.5 Å². The summed E-state index contributed by atoms with van der Waals surface area (Å²) in [5.41, 5.74) is 3.91. The maximum absolute atomic E-state index is 13.1. The smallest absolute Gasteiger partial charge is 0.265 e. The highest BCUT2D eigenvalue weighted by molar-refractivity contribution is 4.89. The van der Waals surface area contributed by atoms with Crippen LogP contribution >= 0.6 is 0 Å². The lowest BCUT2D eigenvalue weighted by molar-refractivity contribution is -0.0762. The Bertz CT molecular complexity index is 125. The normalized spacial score (nSPS) is 14.2. The number of hydrogen-bond donors (Lipinski definition) is 1. The predicted molar refractivity (Wildman–Crippen MR) is 42.7 cm³/mol. The quantitative estimate of drug-likeness (QED) is 0.682. The summed E-state index contributed by atoms with van der Waals surface area (Å²) < 4.78 is 26.1. The van der Waals surface area contributed by atoms with E-state index in [-0.39, 0.29) is 12.3 Å². The molecule has 0 aromatic carbocycles. The molecule has 0 amide bonds. The maximum Gasteiger partial charge on any atom is 0.265 e. The standard InChI is InChI=1S/C8H17F2N/c1-6(2)5-8(9,10)7(3,4)11/h6H,5,11H2,1-4H3. The molecule has 0 aliphatic heterocycles. The van der Waals surface area contributed by atoms with E-state index >= 15 is 0 Å². The minimum absolute atomic E-state index is 0.0205. The first-order chi connectivity index (χ1) is 4.67. The third-order valence-electron chi connectivity index (χ3n) is 1.61. The molecule has 0 atom stereocenters. The van der Waals surface area contributed by atoms with Crippen LogP contribution in [0.3, 0.4) is 0 Å². The second-order valence-corrected chi connectivity index (χ2v) is 4.02. The van der Waals surface area contributed by atoms with Crippen LogP contribution in [0.1, 0.15) is 34.1 Å². The summed E-state index contributed by atoms with van der Waals surface area (Å²) in [5, 5.41) is 0. The lowest BCUT2D eigenvalue weighted by atomic mass is 9.90. The van der Waals surface area contributed by atoms with Crippen molar-refractivity contribution in [1.82, 2.24) is 0 Å².